The van der Waals surface area contributed by atoms with Crippen molar-refractivity contribution in [2.75, 3.05) is 0 Å². The Morgan fingerprint density at radius 2 is 1.23 bits per heavy atom. The van der Waals surface area contributed by atoms with Gasteiger partial charge in [-0.15, -0.1) is 0 Å². The van der Waals surface area contributed by atoms with E-state index in [9.17, 15) is 9.59 Å². The smallest absolute Gasteiger partial charge is 0.330 e. The first-order valence-corrected chi connectivity index (χ1v) is 12.9. The number of para-hydroxylation sites is 1. The van der Waals surface area contributed by atoms with Crippen LogP contribution in [-0.2, 0) is 32.3 Å². The summed E-state index contributed by atoms with van der Waals surface area (Å²) in [7, 11) is 0. The van der Waals surface area contributed by atoms with Gasteiger partial charge in [0.25, 0.3) is 0 Å². The van der Waals surface area contributed by atoms with Crippen molar-refractivity contribution in [1.82, 2.24) is 9.55 Å². The van der Waals surface area contributed by atoms with Gasteiger partial charge in [-0.2, -0.15) is 0 Å². The predicted molar refractivity (Wildman–Crippen MR) is 150 cm³/mol. The van der Waals surface area contributed by atoms with E-state index < -0.39 is 18.0 Å². The normalized spacial score (nSPS) is 11.4. The number of carbonyl (C=O) groups is 2. The Morgan fingerprint density at radius 3 is 1.85 bits per heavy atom. The number of hydrogen-bond donors (Lipinski definition) is 0. The lowest BCUT2D eigenvalue weighted by molar-refractivity contribution is -0.155. The third kappa shape index (κ3) is 7.23. The maximum atomic E-state index is 13.2. The molecular formula is C33H28N2O5. The number of nitrogens with zero attached hydrogens (tertiary/aromatic N) is 2. The predicted octanol–water partition coefficient (Wildman–Crippen LogP) is 6.76. The molecule has 4 aromatic carbocycles. The van der Waals surface area contributed by atoms with Crippen LogP contribution in [-0.4, -0.2) is 21.5 Å². The van der Waals surface area contributed by atoms with Crippen LogP contribution in [0.2, 0.25) is 0 Å². The second kappa shape index (κ2) is 13.1. The minimum absolute atomic E-state index is 0.0969. The van der Waals surface area contributed by atoms with E-state index >= 15 is 0 Å². The Bertz CT molecular complexity index is 1520. The van der Waals surface area contributed by atoms with Crippen LogP contribution < -0.4 is 4.74 Å². The van der Waals surface area contributed by atoms with Gasteiger partial charge in [0.15, 0.2) is 0 Å². The summed E-state index contributed by atoms with van der Waals surface area (Å²) >= 11 is 0. The average Bonchev–Trinajstić information content (AvgIpc) is 3.50. The summed E-state index contributed by atoms with van der Waals surface area (Å²) in [6.45, 7) is 0.220. The summed E-state index contributed by atoms with van der Waals surface area (Å²) < 4.78 is 18.5. The Balaban J connectivity index is 1.29. The Morgan fingerprint density at radius 1 is 0.675 bits per heavy atom. The highest BCUT2D eigenvalue weighted by atomic mass is 16.5. The maximum absolute atomic E-state index is 13.2. The minimum Gasteiger partial charge on any atom is -0.461 e. The van der Waals surface area contributed by atoms with Crippen LogP contribution in [0.15, 0.2) is 128 Å². The maximum Gasteiger partial charge on any atom is 0.330 e. The molecule has 0 fully saturated rings. The van der Waals surface area contributed by atoms with Crippen molar-refractivity contribution in [1.29, 1.82) is 0 Å². The highest BCUT2D eigenvalue weighted by Crippen LogP contribution is 2.26. The molecule has 5 aromatic rings. The number of rotatable bonds is 11. The monoisotopic (exact) mass is 532 g/mol. The molecule has 40 heavy (non-hydrogen) atoms. The molecule has 0 bridgehead atoms. The summed E-state index contributed by atoms with van der Waals surface area (Å²) in [4.78, 5) is 30.4. The summed E-state index contributed by atoms with van der Waals surface area (Å²) in [5.41, 5.74) is 3.20. The van der Waals surface area contributed by atoms with E-state index in [2.05, 4.69) is 4.98 Å². The van der Waals surface area contributed by atoms with Crippen LogP contribution >= 0.6 is 0 Å². The fourth-order valence-electron chi connectivity index (χ4n) is 4.06. The van der Waals surface area contributed by atoms with Crippen LogP contribution in [0.5, 0.6) is 11.5 Å². The molecule has 0 saturated heterocycles. The molecule has 0 aliphatic rings. The van der Waals surface area contributed by atoms with E-state index in [1.807, 2.05) is 115 Å². The van der Waals surface area contributed by atoms with E-state index in [0.717, 1.165) is 22.4 Å². The third-order valence-corrected chi connectivity index (χ3v) is 6.19. The first-order chi connectivity index (χ1) is 19.6. The number of ether oxygens (including phenoxy) is 3. The molecule has 1 atom stereocenters. The molecule has 0 N–H and O–H groups in total. The fraction of sp³-hybridized carbons (Fsp3) is 0.121. The number of carbonyl (C=O) groups excluding carboxylic acids is 2. The summed E-state index contributed by atoms with van der Waals surface area (Å²) in [5.74, 6) is 0.382. The van der Waals surface area contributed by atoms with Crippen molar-refractivity contribution in [3.05, 3.63) is 139 Å². The van der Waals surface area contributed by atoms with Gasteiger partial charge in [0.2, 0.25) is 0 Å². The molecule has 1 aromatic heterocycles. The molecule has 200 valence electrons. The zero-order valence-corrected chi connectivity index (χ0v) is 21.8. The van der Waals surface area contributed by atoms with Crippen LogP contribution in [0.3, 0.4) is 0 Å². The number of esters is 2. The van der Waals surface area contributed by atoms with Crippen molar-refractivity contribution >= 4 is 11.9 Å². The highest BCUT2D eigenvalue weighted by molar-refractivity contribution is 5.81. The van der Waals surface area contributed by atoms with Crippen molar-refractivity contribution in [2.24, 2.45) is 0 Å². The molecule has 0 amide bonds. The lowest BCUT2D eigenvalue weighted by Crippen LogP contribution is -2.24. The molecule has 5 rings (SSSR count). The largest absolute Gasteiger partial charge is 0.461 e. The topological polar surface area (TPSA) is 79.7 Å². The number of imidazole rings is 1. The summed E-state index contributed by atoms with van der Waals surface area (Å²) in [6, 6.07) is 34.9. The number of benzene rings is 4. The minimum atomic E-state index is -0.936. The van der Waals surface area contributed by atoms with Gasteiger partial charge in [0.1, 0.15) is 30.8 Å². The molecule has 7 nitrogen and oxygen atoms in total. The van der Waals surface area contributed by atoms with Gasteiger partial charge >= 0.3 is 11.9 Å². The van der Waals surface area contributed by atoms with Gasteiger partial charge in [-0.1, -0.05) is 78.9 Å². The van der Waals surface area contributed by atoms with Crippen LogP contribution in [0.25, 0.3) is 11.3 Å². The lowest BCUT2D eigenvalue weighted by Gasteiger charge is -2.17. The molecule has 1 unspecified atom stereocenters. The van der Waals surface area contributed by atoms with E-state index in [-0.39, 0.29) is 19.6 Å². The van der Waals surface area contributed by atoms with Crippen molar-refractivity contribution < 1.29 is 23.8 Å². The molecule has 0 aliphatic heterocycles. The summed E-state index contributed by atoms with van der Waals surface area (Å²) in [5, 5.41) is 0. The second-order valence-electron chi connectivity index (χ2n) is 9.11. The van der Waals surface area contributed by atoms with E-state index in [1.54, 1.807) is 10.8 Å². The van der Waals surface area contributed by atoms with Crippen LogP contribution in [0.4, 0.5) is 0 Å². The standard InChI is InChI=1S/C33H28N2O5/c36-32(38-22-25-10-4-1-5-11-25)20-31(33(37)39-23-26-12-6-2-7-13-26)35-21-30(34-24-35)27-16-18-29(19-17-27)40-28-14-8-3-9-15-28/h1-19,21,24,31H,20,22-23H2. The lowest BCUT2D eigenvalue weighted by atomic mass is 10.1. The molecule has 0 spiro atoms. The van der Waals surface area contributed by atoms with Gasteiger partial charge < -0.3 is 18.8 Å². The Hall–Kier alpha value is -5.17. The Labute approximate surface area is 232 Å². The fourth-order valence-corrected chi connectivity index (χ4v) is 4.06. The molecule has 0 aliphatic carbocycles. The number of hydrogen-bond acceptors (Lipinski definition) is 6. The van der Waals surface area contributed by atoms with Gasteiger partial charge in [-0.3, -0.25) is 4.79 Å². The van der Waals surface area contributed by atoms with Gasteiger partial charge in [-0.25, -0.2) is 9.78 Å². The van der Waals surface area contributed by atoms with Crippen LogP contribution in [0.1, 0.15) is 23.6 Å². The van der Waals surface area contributed by atoms with Crippen molar-refractivity contribution in [3.63, 3.8) is 0 Å². The first-order valence-electron chi connectivity index (χ1n) is 12.9. The Kier molecular flexibility index (Phi) is 8.63. The van der Waals surface area contributed by atoms with E-state index in [4.69, 9.17) is 14.2 Å². The molecular weight excluding hydrogens is 504 g/mol. The molecule has 1 heterocycles. The number of aromatic nitrogens is 2. The van der Waals surface area contributed by atoms with Gasteiger partial charge in [-0.05, 0) is 47.5 Å². The molecule has 7 heteroatoms. The third-order valence-electron chi connectivity index (χ3n) is 6.19. The van der Waals surface area contributed by atoms with Crippen LogP contribution in [0, 0.1) is 0 Å². The zero-order chi connectivity index (χ0) is 27.6. The van der Waals surface area contributed by atoms with Crippen molar-refractivity contribution in [3.8, 4) is 22.8 Å². The highest BCUT2D eigenvalue weighted by Gasteiger charge is 2.27. The quantitative estimate of drug-likeness (QED) is 0.175. The van der Waals surface area contributed by atoms with Gasteiger partial charge in [0, 0.05) is 11.8 Å². The average molecular weight is 533 g/mol. The van der Waals surface area contributed by atoms with Gasteiger partial charge in [0.05, 0.1) is 18.4 Å². The summed E-state index contributed by atoms with van der Waals surface area (Å²) in [6.07, 6.45) is 3.06. The second-order valence-corrected chi connectivity index (χ2v) is 9.11. The van der Waals surface area contributed by atoms with E-state index in [1.165, 1.54) is 6.33 Å². The molecule has 0 radical (unpaired) electrons. The first kappa shape index (κ1) is 26.4. The van der Waals surface area contributed by atoms with E-state index in [0.29, 0.717) is 11.4 Å². The van der Waals surface area contributed by atoms with Crippen molar-refractivity contribution in [2.45, 2.75) is 25.7 Å². The molecule has 0 saturated carbocycles. The zero-order valence-electron chi connectivity index (χ0n) is 21.8. The SMILES string of the molecule is O=C(CC(C(=O)OCc1ccccc1)n1cnc(-c2ccc(Oc3ccccc3)cc2)c1)OCc1ccccc1.